The van der Waals surface area contributed by atoms with Gasteiger partial charge in [-0.15, -0.1) is 0 Å². The minimum absolute atomic E-state index is 0.0146. The first-order chi connectivity index (χ1) is 15.2. The van der Waals surface area contributed by atoms with E-state index in [4.69, 9.17) is 21.1 Å². The Morgan fingerprint density at radius 3 is 2.47 bits per heavy atom. The van der Waals surface area contributed by atoms with Gasteiger partial charge in [-0.25, -0.2) is 8.42 Å². The lowest BCUT2D eigenvalue weighted by Gasteiger charge is -2.26. The number of rotatable bonds is 8. The quantitative estimate of drug-likeness (QED) is 0.449. The van der Waals surface area contributed by atoms with Crippen molar-refractivity contribution >= 4 is 38.9 Å². The lowest BCUT2D eigenvalue weighted by atomic mass is 10.2. The number of sulfonamides is 1. The molecule has 10 nitrogen and oxygen atoms in total. The molecule has 2 aromatic rings. The Kier molecular flexibility index (Phi) is 7.54. The number of halogens is 1. The van der Waals surface area contributed by atoms with Crippen LogP contribution in [0.3, 0.4) is 0 Å². The number of non-ortho nitro benzene ring substituents is 1. The molecule has 0 aromatic heterocycles. The maximum absolute atomic E-state index is 12.9. The standard InChI is InChI=1S/C20H22ClN3O7S/c1-30-19-8-6-15(32(28,29)23-9-3-2-4-10-23)12-17(19)22-20(25)13-31-18-7-5-14(24(26)27)11-16(18)21/h5-8,11-12H,2-4,9-10,13H2,1H3,(H,22,25). The molecule has 0 bridgehead atoms. The Hall–Kier alpha value is -2.89. The second kappa shape index (κ2) is 10.2. The molecule has 32 heavy (non-hydrogen) atoms. The van der Waals surface area contributed by atoms with Crippen LogP contribution in [0.15, 0.2) is 41.3 Å². The largest absolute Gasteiger partial charge is 0.495 e. The van der Waals surface area contributed by atoms with Crippen LogP contribution in [-0.4, -0.2) is 50.4 Å². The van der Waals surface area contributed by atoms with Gasteiger partial charge in [0, 0.05) is 25.2 Å². The van der Waals surface area contributed by atoms with E-state index in [1.165, 1.54) is 41.7 Å². The number of nitrogens with zero attached hydrogens (tertiary/aromatic N) is 2. The summed E-state index contributed by atoms with van der Waals surface area (Å²) in [7, 11) is -2.29. The van der Waals surface area contributed by atoms with Crippen molar-refractivity contribution in [3.8, 4) is 11.5 Å². The molecule has 0 atom stereocenters. The predicted molar refractivity (Wildman–Crippen MR) is 118 cm³/mol. The molecule has 0 unspecified atom stereocenters. The number of piperidine rings is 1. The van der Waals surface area contributed by atoms with Crippen LogP contribution in [0.4, 0.5) is 11.4 Å². The Balaban J connectivity index is 1.72. The van der Waals surface area contributed by atoms with Gasteiger partial charge >= 0.3 is 0 Å². The van der Waals surface area contributed by atoms with Crippen LogP contribution in [0.5, 0.6) is 11.5 Å². The molecule has 0 saturated carbocycles. The SMILES string of the molecule is COc1ccc(S(=O)(=O)N2CCCCC2)cc1NC(=O)COc1ccc([N+](=O)[O-])cc1Cl. The number of hydrogen-bond acceptors (Lipinski definition) is 7. The first-order valence-electron chi connectivity index (χ1n) is 9.77. The van der Waals surface area contributed by atoms with E-state index in [0.29, 0.717) is 13.1 Å². The molecule has 1 saturated heterocycles. The van der Waals surface area contributed by atoms with Crippen LogP contribution < -0.4 is 14.8 Å². The smallest absolute Gasteiger partial charge is 0.271 e. The third-order valence-electron chi connectivity index (χ3n) is 4.88. The van der Waals surface area contributed by atoms with Gasteiger partial charge in [0.25, 0.3) is 11.6 Å². The molecule has 1 heterocycles. The molecule has 12 heteroatoms. The number of carbonyl (C=O) groups is 1. The first-order valence-corrected chi connectivity index (χ1v) is 11.6. The number of carbonyl (C=O) groups excluding carboxylic acids is 1. The number of hydrogen-bond donors (Lipinski definition) is 1. The molecule has 2 aromatic carbocycles. The van der Waals surface area contributed by atoms with E-state index < -0.39 is 27.5 Å². The molecule has 1 aliphatic rings. The van der Waals surface area contributed by atoms with E-state index in [1.807, 2.05) is 0 Å². The normalized spacial score (nSPS) is 14.6. The topological polar surface area (TPSA) is 128 Å². The maximum atomic E-state index is 12.9. The average Bonchev–Trinajstić information content (AvgIpc) is 2.78. The van der Waals surface area contributed by atoms with Gasteiger partial charge in [-0.05, 0) is 37.1 Å². The van der Waals surface area contributed by atoms with Crippen LogP contribution in [0, 0.1) is 10.1 Å². The number of benzene rings is 2. The number of ether oxygens (including phenoxy) is 2. The highest BCUT2D eigenvalue weighted by atomic mass is 35.5. The minimum Gasteiger partial charge on any atom is -0.495 e. The highest BCUT2D eigenvalue weighted by Gasteiger charge is 2.27. The van der Waals surface area contributed by atoms with Crippen molar-refractivity contribution in [1.82, 2.24) is 4.31 Å². The van der Waals surface area contributed by atoms with E-state index in [2.05, 4.69) is 5.32 Å². The van der Waals surface area contributed by atoms with Crippen molar-refractivity contribution in [3.63, 3.8) is 0 Å². The fraction of sp³-hybridized carbons (Fsp3) is 0.350. The number of methoxy groups -OCH3 is 1. The van der Waals surface area contributed by atoms with Gasteiger partial charge in [0.2, 0.25) is 10.0 Å². The molecular formula is C20H22ClN3O7S. The molecule has 0 radical (unpaired) electrons. The van der Waals surface area contributed by atoms with Gasteiger partial charge in [0.05, 0.1) is 27.6 Å². The third-order valence-corrected chi connectivity index (χ3v) is 7.07. The summed E-state index contributed by atoms with van der Waals surface area (Å²) in [6.45, 7) is 0.462. The van der Waals surface area contributed by atoms with E-state index in [-0.39, 0.29) is 32.8 Å². The van der Waals surface area contributed by atoms with Crippen molar-refractivity contribution in [2.24, 2.45) is 0 Å². The number of nitro groups is 1. The minimum atomic E-state index is -3.69. The maximum Gasteiger partial charge on any atom is 0.271 e. The zero-order chi connectivity index (χ0) is 23.3. The monoisotopic (exact) mass is 483 g/mol. The van der Waals surface area contributed by atoms with Gasteiger partial charge in [-0.2, -0.15) is 4.31 Å². The number of nitrogens with one attached hydrogen (secondary N) is 1. The average molecular weight is 484 g/mol. The molecule has 1 fully saturated rings. The summed E-state index contributed by atoms with van der Waals surface area (Å²) in [5, 5.41) is 13.3. The number of amides is 1. The molecule has 1 aliphatic heterocycles. The van der Waals surface area contributed by atoms with Crippen LogP contribution >= 0.6 is 11.6 Å². The summed E-state index contributed by atoms with van der Waals surface area (Å²) in [6.07, 6.45) is 2.61. The Bertz CT molecular complexity index is 1120. The van der Waals surface area contributed by atoms with E-state index in [1.54, 1.807) is 0 Å². The molecular weight excluding hydrogens is 462 g/mol. The van der Waals surface area contributed by atoms with E-state index >= 15 is 0 Å². The Labute approximate surface area is 190 Å². The summed E-state index contributed by atoms with van der Waals surface area (Å²) < 4.78 is 37.9. The summed E-state index contributed by atoms with van der Waals surface area (Å²) in [6, 6.07) is 7.87. The fourth-order valence-corrected chi connectivity index (χ4v) is 5.02. The van der Waals surface area contributed by atoms with Crippen molar-refractivity contribution in [2.45, 2.75) is 24.2 Å². The van der Waals surface area contributed by atoms with E-state index in [9.17, 15) is 23.3 Å². The summed E-state index contributed by atoms with van der Waals surface area (Å²) in [5.74, 6) is -0.213. The predicted octanol–water partition coefficient (Wildman–Crippen LogP) is 3.45. The van der Waals surface area contributed by atoms with Gasteiger partial charge in [0.15, 0.2) is 6.61 Å². The lowest BCUT2D eigenvalue weighted by Crippen LogP contribution is -2.35. The molecule has 1 amide bonds. The molecule has 1 N–H and O–H groups in total. The van der Waals surface area contributed by atoms with Crippen LogP contribution in [-0.2, 0) is 14.8 Å². The molecule has 172 valence electrons. The Morgan fingerprint density at radius 2 is 1.84 bits per heavy atom. The molecule has 0 spiro atoms. The summed E-state index contributed by atoms with van der Waals surface area (Å²) in [4.78, 5) is 22.6. The molecule has 3 rings (SSSR count). The molecule has 0 aliphatic carbocycles. The number of nitro benzene ring substituents is 1. The highest BCUT2D eigenvalue weighted by Crippen LogP contribution is 2.31. The zero-order valence-electron chi connectivity index (χ0n) is 17.2. The van der Waals surface area contributed by atoms with E-state index in [0.717, 1.165) is 25.3 Å². The number of anilines is 1. The van der Waals surface area contributed by atoms with Crippen molar-refractivity contribution in [3.05, 3.63) is 51.5 Å². The van der Waals surface area contributed by atoms with Crippen LogP contribution in [0.25, 0.3) is 0 Å². The van der Waals surface area contributed by atoms with Gasteiger partial charge in [-0.1, -0.05) is 18.0 Å². The zero-order valence-corrected chi connectivity index (χ0v) is 18.8. The van der Waals surface area contributed by atoms with Crippen molar-refractivity contribution in [2.75, 3.05) is 32.1 Å². The lowest BCUT2D eigenvalue weighted by molar-refractivity contribution is -0.384. The van der Waals surface area contributed by atoms with Crippen molar-refractivity contribution in [1.29, 1.82) is 0 Å². The van der Waals surface area contributed by atoms with Gasteiger partial charge < -0.3 is 14.8 Å². The first kappa shape index (κ1) is 23.8. The second-order valence-corrected chi connectivity index (χ2v) is 9.38. The second-order valence-electron chi connectivity index (χ2n) is 7.04. The summed E-state index contributed by atoms with van der Waals surface area (Å²) in [5.41, 5.74) is -0.0303. The van der Waals surface area contributed by atoms with Crippen LogP contribution in [0.1, 0.15) is 19.3 Å². The highest BCUT2D eigenvalue weighted by molar-refractivity contribution is 7.89. The van der Waals surface area contributed by atoms with Crippen LogP contribution in [0.2, 0.25) is 5.02 Å². The fourth-order valence-electron chi connectivity index (χ4n) is 3.25. The Morgan fingerprint density at radius 1 is 1.16 bits per heavy atom. The van der Waals surface area contributed by atoms with Gasteiger partial charge in [-0.3, -0.25) is 14.9 Å². The van der Waals surface area contributed by atoms with Gasteiger partial charge in [0.1, 0.15) is 11.5 Å². The third kappa shape index (κ3) is 5.47. The summed E-state index contributed by atoms with van der Waals surface area (Å²) >= 11 is 5.96. The van der Waals surface area contributed by atoms with Crippen molar-refractivity contribution < 1.29 is 27.6 Å².